The van der Waals surface area contributed by atoms with Gasteiger partial charge in [0.25, 0.3) is 0 Å². The van der Waals surface area contributed by atoms with E-state index in [2.05, 4.69) is 10.2 Å². The predicted molar refractivity (Wildman–Crippen MR) is 53.7 cm³/mol. The summed E-state index contributed by atoms with van der Waals surface area (Å²) in [5.74, 6) is 1.96. The maximum Gasteiger partial charge on any atom is 0.0176 e. The topological polar surface area (TPSA) is 15.3 Å². The summed E-state index contributed by atoms with van der Waals surface area (Å²) in [4.78, 5) is 2.78. The van der Waals surface area contributed by atoms with Crippen molar-refractivity contribution < 1.29 is 0 Å². The molecule has 3 aliphatic rings. The highest BCUT2D eigenvalue weighted by Gasteiger charge is 2.40. The van der Waals surface area contributed by atoms with E-state index >= 15 is 0 Å². The lowest BCUT2D eigenvalue weighted by Gasteiger charge is -2.51. The van der Waals surface area contributed by atoms with Crippen molar-refractivity contribution in [3.8, 4) is 0 Å². The second-order valence-electron chi connectivity index (χ2n) is 4.99. The molecule has 1 N–H and O–H groups in total. The molecule has 2 nitrogen and oxygen atoms in total. The first kappa shape index (κ1) is 8.25. The van der Waals surface area contributed by atoms with Crippen LogP contribution in [0.3, 0.4) is 0 Å². The number of hydrogen-bond donors (Lipinski definition) is 1. The van der Waals surface area contributed by atoms with E-state index in [9.17, 15) is 0 Å². The maximum atomic E-state index is 3.61. The van der Waals surface area contributed by atoms with E-state index in [1.807, 2.05) is 0 Å². The van der Waals surface area contributed by atoms with Gasteiger partial charge in [0.2, 0.25) is 0 Å². The molecular formula is C11H20N2. The highest BCUT2D eigenvalue weighted by atomic mass is 15.2. The molecule has 0 aliphatic carbocycles. The van der Waals surface area contributed by atoms with Crippen LogP contribution in [0.15, 0.2) is 0 Å². The third kappa shape index (κ3) is 1.31. The molecule has 3 fully saturated rings. The van der Waals surface area contributed by atoms with Crippen molar-refractivity contribution in [2.45, 2.75) is 31.7 Å². The highest BCUT2D eigenvalue weighted by Crippen LogP contribution is 2.36. The molecule has 13 heavy (non-hydrogen) atoms. The molecule has 3 aliphatic heterocycles. The van der Waals surface area contributed by atoms with Gasteiger partial charge in [-0.25, -0.2) is 0 Å². The Morgan fingerprint density at radius 1 is 0.923 bits per heavy atom. The van der Waals surface area contributed by atoms with Gasteiger partial charge in [0.1, 0.15) is 0 Å². The summed E-state index contributed by atoms with van der Waals surface area (Å²) in [6, 6.07) is 0.962. The lowest BCUT2D eigenvalue weighted by atomic mass is 9.74. The Hall–Kier alpha value is -0.0800. The first-order valence-corrected chi connectivity index (χ1v) is 5.90. The van der Waals surface area contributed by atoms with Gasteiger partial charge in [-0.3, -0.25) is 4.90 Å². The summed E-state index contributed by atoms with van der Waals surface area (Å²) >= 11 is 0. The van der Waals surface area contributed by atoms with Crippen LogP contribution >= 0.6 is 0 Å². The normalized spacial score (nSPS) is 45.7. The fourth-order valence-corrected chi connectivity index (χ4v) is 3.75. The average molecular weight is 180 g/mol. The van der Waals surface area contributed by atoms with Crippen molar-refractivity contribution in [1.29, 1.82) is 0 Å². The summed E-state index contributed by atoms with van der Waals surface area (Å²) in [5.41, 5.74) is 0. The number of hydrogen-bond acceptors (Lipinski definition) is 2. The standard InChI is InChI=1S/C11H20N2/c1-3-9-7-12-8-10-4-2-6-13(5-1)11(9)10/h9-12H,1-8H2/t9-,10+,11?. The van der Waals surface area contributed by atoms with Crippen LogP contribution in [-0.4, -0.2) is 37.1 Å². The average Bonchev–Trinajstić information content (AvgIpc) is 2.19. The van der Waals surface area contributed by atoms with Gasteiger partial charge >= 0.3 is 0 Å². The van der Waals surface area contributed by atoms with Crippen molar-refractivity contribution >= 4 is 0 Å². The minimum absolute atomic E-state index is 0.962. The summed E-state index contributed by atoms with van der Waals surface area (Å²) in [6.07, 6.45) is 5.83. The summed E-state index contributed by atoms with van der Waals surface area (Å²) in [6.45, 7) is 5.35. The van der Waals surface area contributed by atoms with E-state index in [1.165, 1.54) is 51.9 Å². The predicted octanol–water partition coefficient (Wildman–Crippen LogP) is 1.08. The van der Waals surface area contributed by atoms with Crippen LogP contribution in [0.4, 0.5) is 0 Å². The molecule has 0 amide bonds. The molecule has 0 saturated carbocycles. The summed E-state index contributed by atoms with van der Waals surface area (Å²) in [7, 11) is 0. The first-order chi connectivity index (χ1) is 6.45. The Morgan fingerprint density at radius 3 is 2.15 bits per heavy atom. The number of nitrogens with zero attached hydrogens (tertiary/aromatic N) is 1. The Kier molecular flexibility index (Phi) is 2.06. The van der Waals surface area contributed by atoms with Crippen LogP contribution in [0.2, 0.25) is 0 Å². The van der Waals surface area contributed by atoms with Crippen molar-refractivity contribution in [2.24, 2.45) is 11.8 Å². The Labute approximate surface area is 80.7 Å². The van der Waals surface area contributed by atoms with Gasteiger partial charge in [-0.2, -0.15) is 0 Å². The van der Waals surface area contributed by atoms with Crippen LogP contribution in [-0.2, 0) is 0 Å². The van der Waals surface area contributed by atoms with Gasteiger partial charge in [-0.15, -0.1) is 0 Å². The van der Waals surface area contributed by atoms with Gasteiger partial charge in [0.15, 0.2) is 0 Å². The molecule has 0 aromatic rings. The van der Waals surface area contributed by atoms with E-state index < -0.39 is 0 Å². The molecule has 3 rings (SSSR count). The van der Waals surface area contributed by atoms with Gasteiger partial charge in [-0.05, 0) is 63.7 Å². The SMILES string of the molecule is C1C[C@@H]2CNC[C@@H]3CCCN(C1)C23. The molecule has 1 unspecified atom stereocenters. The maximum absolute atomic E-state index is 3.61. The first-order valence-electron chi connectivity index (χ1n) is 5.90. The fourth-order valence-electron chi connectivity index (χ4n) is 3.75. The molecule has 0 aromatic carbocycles. The van der Waals surface area contributed by atoms with E-state index in [0.717, 1.165) is 17.9 Å². The quantitative estimate of drug-likeness (QED) is 0.600. The third-order valence-electron chi connectivity index (χ3n) is 4.24. The Balaban J connectivity index is 1.82. The van der Waals surface area contributed by atoms with Gasteiger partial charge in [0.05, 0.1) is 0 Å². The number of piperidine rings is 3. The van der Waals surface area contributed by atoms with Gasteiger partial charge in [0, 0.05) is 6.04 Å². The van der Waals surface area contributed by atoms with Crippen LogP contribution in [0.25, 0.3) is 0 Å². The van der Waals surface area contributed by atoms with Crippen LogP contribution in [0.5, 0.6) is 0 Å². The lowest BCUT2D eigenvalue weighted by molar-refractivity contribution is -0.00205. The number of rotatable bonds is 0. The van der Waals surface area contributed by atoms with Gasteiger partial charge in [-0.1, -0.05) is 0 Å². The Morgan fingerprint density at radius 2 is 1.54 bits per heavy atom. The minimum atomic E-state index is 0.962. The summed E-state index contributed by atoms with van der Waals surface area (Å²) < 4.78 is 0. The largest absolute Gasteiger partial charge is 0.316 e. The van der Waals surface area contributed by atoms with Crippen LogP contribution < -0.4 is 5.32 Å². The zero-order valence-corrected chi connectivity index (χ0v) is 8.34. The fraction of sp³-hybridized carbons (Fsp3) is 1.00. The summed E-state index contributed by atoms with van der Waals surface area (Å²) in [5, 5.41) is 3.61. The second-order valence-corrected chi connectivity index (χ2v) is 4.99. The Bertz CT molecular complexity index is 147. The molecule has 3 heterocycles. The zero-order valence-electron chi connectivity index (χ0n) is 8.34. The highest BCUT2D eigenvalue weighted by molar-refractivity contribution is 4.96. The molecule has 3 saturated heterocycles. The molecule has 0 radical (unpaired) electrons. The van der Waals surface area contributed by atoms with Crippen molar-refractivity contribution in [1.82, 2.24) is 10.2 Å². The van der Waals surface area contributed by atoms with Crippen molar-refractivity contribution in [2.75, 3.05) is 26.2 Å². The second kappa shape index (κ2) is 3.25. The van der Waals surface area contributed by atoms with Crippen LogP contribution in [0.1, 0.15) is 25.7 Å². The molecular weight excluding hydrogens is 160 g/mol. The van der Waals surface area contributed by atoms with Crippen LogP contribution in [0, 0.1) is 11.8 Å². The molecule has 0 aromatic heterocycles. The zero-order chi connectivity index (χ0) is 8.67. The molecule has 3 atom stereocenters. The van der Waals surface area contributed by atoms with E-state index in [1.54, 1.807) is 0 Å². The minimum Gasteiger partial charge on any atom is -0.316 e. The van der Waals surface area contributed by atoms with E-state index in [0.29, 0.717) is 0 Å². The van der Waals surface area contributed by atoms with E-state index in [-0.39, 0.29) is 0 Å². The van der Waals surface area contributed by atoms with Crippen molar-refractivity contribution in [3.63, 3.8) is 0 Å². The third-order valence-corrected chi connectivity index (χ3v) is 4.24. The molecule has 74 valence electrons. The molecule has 0 spiro atoms. The van der Waals surface area contributed by atoms with Gasteiger partial charge < -0.3 is 5.32 Å². The van der Waals surface area contributed by atoms with E-state index in [4.69, 9.17) is 0 Å². The van der Waals surface area contributed by atoms with Crippen molar-refractivity contribution in [3.05, 3.63) is 0 Å². The molecule has 2 heteroatoms. The molecule has 0 bridgehead atoms. The smallest absolute Gasteiger partial charge is 0.0176 e. The lowest BCUT2D eigenvalue weighted by Crippen LogP contribution is -2.60. The number of nitrogens with one attached hydrogen (secondary N) is 1. The monoisotopic (exact) mass is 180 g/mol.